The number of benzene rings is 2. The Labute approximate surface area is 160 Å². The summed E-state index contributed by atoms with van der Waals surface area (Å²) in [6.07, 6.45) is 0. The summed E-state index contributed by atoms with van der Waals surface area (Å²) >= 11 is 0. The minimum absolute atomic E-state index is 0.00324. The van der Waals surface area contributed by atoms with E-state index in [2.05, 4.69) is 0 Å². The number of aromatic carboxylic acids is 2. The van der Waals surface area contributed by atoms with E-state index in [-0.39, 0.29) is 45.6 Å². The van der Waals surface area contributed by atoms with E-state index in [0.717, 1.165) is 0 Å². The molecule has 0 aliphatic carbocycles. The molecule has 2 aromatic carbocycles. The molecule has 0 aliphatic heterocycles. The maximum absolute atomic E-state index is 10.7. The average Bonchev–Trinajstić information content (AvgIpc) is 2.67. The molecule has 0 saturated carbocycles. The number of ether oxygens (including phenoxy) is 4. The molecule has 0 amide bonds. The van der Waals surface area contributed by atoms with Gasteiger partial charge in [0.15, 0.2) is 23.0 Å². The molecule has 10 nitrogen and oxygen atoms in total. The van der Waals surface area contributed by atoms with Gasteiger partial charge in [-0.25, -0.2) is 9.59 Å². The lowest BCUT2D eigenvalue weighted by atomic mass is 10.1. The highest BCUT2D eigenvalue weighted by atomic mass is 16.5. The summed E-state index contributed by atoms with van der Waals surface area (Å²) in [6, 6.07) is 4.93. The molecule has 10 heteroatoms. The van der Waals surface area contributed by atoms with Crippen LogP contribution in [0.25, 0.3) is 0 Å². The molecule has 0 aromatic heterocycles. The Bertz CT molecular complexity index is 835. The second-order valence-corrected chi connectivity index (χ2v) is 5.04. The molecular weight excluding hydrogens is 376 g/mol. The number of carbonyl (C=O) groups is 2. The first kappa shape index (κ1) is 22.2. The van der Waals surface area contributed by atoms with E-state index < -0.39 is 11.9 Å². The molecule has 2 rings (SSSR count). The largest absolute Gasteiger partial charge is 0.504 e. The Hall–Kier alpha value is -3.82. The summed E-state index contributed by atoms with van der Waals surface area (Å²) in [5, 5.41) is 36.3. The highest BCUT2D eigenvalue weighted by Gasteiger charge is 2.18. The van der Waals surface area contributed by atoms with Crippen LogP contribution in [0.4, 0.5) is 0 Å². The van der Waals surface area contributed by atoms with Crippen molar-refractivity contribution in [1.29, 1.82) is 0 Å². The van der Waals surface area contributed by atoms with Gasteiger partial charge >= 0.3 is 11.9 Å². The number of phenolic OH excluding ortho intramolecular Hbond substituents is 2. The van der Waals surface area contributed by atoms with Crippen LogP contribution >= 0.6 is 0 Å². The second-order valence-electron chi connectivity index (χ2n) is 5.04. The van der Waals surface area contributed by atoms with Crippen LogP contribution in [0.1, 0.15) is 20.7 Å². The third kappa shape index (κ3) is 4.87. The lowest BCUT2D eigenvalue weighted by molar-refractivity contribution is 0.0683. The van der Waals surface area contributed by atoms with E-state index in [1.165, 1.54) is 52.7 Å². The van der Waals surface area contributed by atoms with Crippen molar-refractivity contribution in [2.45, 2.75) is 0 Å². The van der Waals surface area contributed by atoms with E-state index in [9.17, 15) is 19.8 Å². The summed E-state index contributed by atoms with van der Waals surface area (Å²) in [5.74, 6) is -2.44. The monoisotopic (exact) mass is 396 g/mol. The summed E-state index contributed by atoms with van der Waals surface area (Å²) in [7, 11) is 5.30. The fourth-order valence-electron chi connectivity index (χ4n) is 2.14. The molecule has 0 heterocycles. The van der Waals surface area contributed by atoms with E-state index in [1.54, 1.807) is 0 Å². The molecule has 4 N–H and O–H groups in total. The van der Waals surface area contributed by atoms with E-state index >= 15 is 0 Å². The first-order valence-electron chi connectivity index (χ1n) is 7.57. The third-order valence-electron chi connectivity index (χ3n) is 3.46. The van der Waals surface area contributed by atoms with E-state index in [4.69, 9.17) is 29.2 Å². The first-order chi connectivity index (χ1) is 13.2. The van der Waals surface area contributed by atoms with Gasteiger partial charge in [-0.1, -0.05) is 0 Å². The van der Waals surface area contributed by atoms with Gasteiger partial charge in [-0.15, -0.1) is 0 Å². The van der Waals surface area contributed by atoms with Gasteiger partial charge in [0.25, 0.3) is 0 Å². The summed E-state index contributed by atoms with van der Waals surface area (Å²) < 4.78 is 19.2. The number of hydrogen-bond acceptors (Lipinski definition) is 8. The van der Waals surface area contributed by atoms with E-state index in [1.807, 2.05) is 0 Å². The van der Waals surface area contributed by atoms with Gasteiger partial charge < -0.3 is 39.4 Å². The quantitative estimate of drug-likeness (QED) is 0.572. The van der Waals surface area contributed by atoms with Crippen molar-refractivity contribution in [2.24, 2.45) is 0 Å². The topological polar surface area (TPSA) is 152 Å². The Kier molecular flexibility index (Phi) is 7.75. The van der Waals surface area contributed by atoms with Crippen LogP contribution in [-0.4, -0.2) is 60.8 Å². The molecule has 0 unspecified atom stereocenters. The molecule has 28 heavy (non-hydrogen) atoms. The summed E-state index contributed by atoms with van der Waals surface area (Å²) in [4.78, 5) is 21.4. The van der Waals surface area contributed by atoms with Crippen LogP contribution in [0.3, 0.4) is 0 Å². The maximum Gasteiger partial charge on any atom is 0.339 e. The lowest BCUT2D eigenvalue weighted by Crippen LogP contribution is -2.02. The van der Waals surface area contributed by atoms with Crippen LogP contribution in [0.5, 0.6) is 34.5 Å². The molecule has 0 radical (unpaired) electrons. The minimum atomic E-state index is -1.14. The van der Waals surface area contributed by atoms with Crippen LogP contribution < -0.4 is 18.9 Å². The molecule has 0 saturated heterocycles. The molecular formula is C18H20O10. The van der Waals surface area contributed by atoms with Crippen molar-refractivity contribution in [3.05, 3.63) is 35.4 Å². The molecule has 152 valence electrons. The smallest absolute Gasteiger partial charge is 0.339 e. The number of aromatic hydroxyl groups is 2. The van der Waals surface area contributed by atoms with Crippen molar-refractivity contribution in [2.75, 3.05) is 28.4 Å². The lowest BCUT2D eigenvalue weighted by Gasteiger charge is -2.11. The van der Waals surface area contributed by atoms with Crippen molar-refractivity contribution in [3.8, 4) is 34.5 Å². The summed E-state index contributed by atoms with van der Waals surface area (Å²) in [6.45, 7) is 0. The second kappa shape index (κ2) is 9.76. The minimum Gasteiger partial charge on any atom is -0.504 e. The Morgan fingerprint density at radius 3 is 1.61 bits per heavy atom. The zero-order valence-electron chi connectivity index (χ0n) is 15.5. The van der Waals surface area contributed by atoms with Gasteiger partial charge in [0.2, 0.25) is 11.5 Å². The van der Waals surface area contributed by atoms with Gasteiger partial charge in [-0.2, -0.15) is 0 Å². The third-order valence-corrected chi connectivity index (χ3v) is 3.46. The summed E-state index contributed by atoms with van der Waals surface area (Å²) in [5.41, 5.74) is -0.0568. The Morgan fingerprint density at radius 1 is 0.750 bits per heavy atom. The zero-order valence-corrected chi connectivity index (χ0v) is 15.5. The van der Waals surface area contributed by atoms with Crippen molar-refractivity contribution < 1.29 is 49.0 Å². The molecule has 0 bridgehead atoms. The van der Waals surface area contributed by atoms with Crippen molar-refractivity contribution in [1.82, 2.24) is 0 Å². The normalized spacial score (nSPS) is 9.57. The Balaban J connectivity index is 0.000000280. The van der Waals surface area contributed by atoms with E-state index in [0.29, 0.717) is 0 Å². The van der Waals surface area contributed by atoms with Gasteiger partial charge in [0.05, 0.1) is 34.0 Å². The zero-order chi connectivity index (χ0) is 21.4. The molecule has 2 aromatic rings. The van der Waals surface area contributed by atoms with Gasteiger partial charge in [-0.05, 0) is 24.3 Å². The van der Waals surface area contributed by atoms with Gasteiger partial charge in [-0.3, -0.25) is 0 Å². The van der Waals surface area contributed by atoms with Crippen molar-refractivity contribution >= 4 is 11.9 Å². The van der Waals surface area contributed by atoms with Gasteiger partial charge in [0, 0.05) is 0 Å². The predicted octanol–water partition coefficient (Wildman–Crippen LogP) is 2.22. The average molecular weight is 396 g/mol. The van der Waals surface area contributed by atoms with Crippen LogP contribution in [0.2, 0.25) is 0 Å². The molecule has 0 spiro atoms. The number of carboxylic acid groups (broad SMARTS) is 2. The molecule has 0 atom stereocenters. The number of phenols is 2. The number of rotatable bonds is 6. The van der Waals surface area contributed by atoms with Crippen LogP contribution in [-0.2, 0) is 0 Å². The highest BCUT2D eigenvalue weighted by molar-refractivity contribution is 5.92. The predicted molar refractivity (Wildman–Crippen MR) is 96.3 cm³/mol. The van der Waals surface area contributed by atoms with Crippen LogP contribution in [0.15, 0.2) is 24.3 Å². The number of hydrogen-bond donors (Lipinski definition) is 4. The van der Waals surface area contributed by atoms with Crippen molar-refractivity contribution in [3.63, 3.8) is 0 Å². The Morgan fingerprint density at radius 2 is 1.25 bits per heavy atom. The van der Waals surface area contributed by atoms with Crippen LogP contribution in [0, 0.1) is 0 Å². The number of methoxy groups -OCH3 is 4. The fourth-order valence-corrected chi connectivity index (χ4v) is 2.14. The standard InChI is InChI=1S/2C9H10O5/c1-13-6-3-5(9(11)12)4-7(14-2)8(6)10;1-13-7-5(9(11)12)3-4-6(10)8(7)14-2/h2*3-4,10H,1-2H3,(H,11,12). The first-order valence-corrected chi connectivity index (χ1v) is 7.57. The van der Waals surface area contributed by atoms with Gasteiger partial charge in [0.1, 0.15) is 5.56 Å². The maximum atomic E-state index is 10.7. The number of carboxylic acids is 2. The molecule has 0 aliphatic rings. The fraction of sp³-hybridized carbons (Fsp3) is 0.222. The SMILES string of the molecule is COc1c(O)ccc(C(=O)O)c1OC.COc1cc(C(=O)O)cc(OC)c1O. The highest BCUT2D eigenvalue weighted by Crippen LogP contribution is 2.39. The molecule has 0 fully saturated rings.